The predicted octanol–water partition coefficient (Wildman–Crippen LogP) is 2.64. The lowest BCUT2D eigenvalue weighted by molar-refractivity contribution is -0.148. The van der Waals surface area contributed by atoms with Crippen molar-refractivity contribution < 1.29 is 28.9 Å². The molecule has 1 aliphatic carbocycles. The summed E-state index contributed by atoms with van der Waals surface area (Å²) < 4.78 is 16.2. The topological polar surface area (TPSA) is 82.1 Å². The molecular weight excluding hydrogens is 348 g/mol. The van der Waals surface area contributed by atoms with Crippen LogP contribution in [0, 0.1) is 5.92 Å². The molecule has 0 unspecified atom stereocenters. The van der Waals surface area contributed by atoms with Gasteiger partial charge in [-0.15, -0.1) is 0 Å². The van der Waals surface area contributed by atoms with Gasteiger partial charge in [-0.2, -0.15) is 0 Å². The van der Waals surface area contributed by atoms with Crippen LogP contribution in [-0.2, 0) is 23.8 Å². The van der Waals surface area contributed by atoms with Gasteiger partial charge >= 0.3 is 11.9 Å². The summed E-state index contributed by atoms with van der Waals surface area (Å²) in [4.78, 5) is 24.7. The van der Waals surface area contributed by atoms with E-state index in [0.29, 0.717) is 12.0 Å². The fourth-order valence-corrected chi connectivity index (χ4v) is 3.40. The highest BCUT2D eigenvalue weighted by Crippen LogP contribution is 2.36. The van der Waals surface area contributed by atoms with Crippen LogP contribution in [0.2, 0.25) is 0 Å². The Labute approximate surface area is 160 Å². The summed E-state index contributed by atoms with van der Waals surface area (Å²) in [5.41, 5.74) is 2.49. The maximum Gasteiger partial charge on any atom is 0.336 e. The third-order valence-electron chi connectivity index (χ3n) is 5.03. The number of aliphatic hydroxyl groups is 1. The van der Waals surface area contributed by atoms with Gasteiger partial charge in [0, 0.05) is 19.1 Å². The average molecular weight is 376 g/mol. The molecule has 6 heteroatoms. The minimum absolute atomic E-state index is 0.0258. The van der Waals surface area contributed by atoms with E-state index in [2.05, 4.69) is 19.2 Å². The molecule has 0 saturated carbocycles. The standard InChI is InChI=1S/C21H28O6/c1-12-7-6-8-13(2)10-17-19(15(4)21(24)27-17)16(9-12)26-20(23)14(3)18(11-22)25-5/h7,10,16-19,22H,3-4,6,8-9,11H2,1-2,5H3/b12-7-,13-10+/t16-,17+,18+,19-/m1/s1. The van der Waals surface area contributed by atoms with Gasteiger partial charge in [-0.05, 0) is 32.8 Å². The number of fused-ring (bicyclic) bond motifs is 1. The van der Waals surface area contributed by atoms with Crippen molar-refractivity contribution in [1.82, 2.24) is 0 Å². The van der Waals surface area contributed by atoms with E-state index in [1.165, 1.54) is 7.11 Å². The maximum atomic E-state index is 12.6. The van der Waals surface area contributed by atoms with E-state index in [-0.39, 0.29) is 12.2 Å². The number of rotatable bonds is 5. The van der Waals surface area contributed by atoms with Gasteiger partial charge in [0.05, 0.1) is 18.1 Å². The lowest BCUT2D eigenvalue weighted by Crippen LogP contribution is -2.35. The first kappa shape index (κ1) is 21.1. The van der Waals surface area contributed by atoms with Crippen LogP contribution >= 0.6 is 0 Å². The molecule has 1 heterocycles. The maximum absolute atomic E-state index is 12.6. The molecule has 2 rings (SSSR count). The minimum Gasteiger partial charge on any atom is -0.458 e. The number of aliphatic hydroxyl groups excluding tert-OH is 1. The summed E-state index contributed by atoms with van der Waals surface area (Å²) in [6.45, 7) is 11.1. The van der Waals surface area contributed by atoms with Crippen molar-refractivity contribution in [3.05, 3.63) is 47.6 Å². The van der Waals surface area contributed by atoms with E-state index >= 15 is 0 Å². The number of ether oxygens (including phenoxy) is 3. The van der Waals surface area contributed by atoms with Crippen LogP contribution in [0.3, 0.4) is 0 Å². The molecule has 0 bridgehead atoms. The van der Waals surface area contributed by atoms with Gasteiger partial charge in [-0.25, -0.2) is 9.59 Å². The minimum atomic E-state index is -0.837. The van der Waals surface area contributed by atoms with Gasteiger partial charge in [0.25, 0.3) is 0 Å². The van der Waals surface area contributed by atoms with Crippen LogP contribution in [0.4, 0.5) is 0 Å². The van der Waals surface area contributed by atoms with E-state index in [9.17, 15) is 14.7 Å². The van der Waals surface area contributed by atoms with Gasteiger partial charge < -0.3 is 19.3 Å². The molecule has 4 atom stereocenters. The number of hydrogen-bond acceptors (Lipinski definition) is 6. The van der Waals surface area contributed by atoms with Crippen LogP contribution in [0.25, 0.3) is 0 Å². The largest absolute Gasteiger partial charge is 0.458 e. The Kier molecular flexibility index (Phi) is 7.16. The van der Waals surface area contributed by atoms with Crippen LogP contribution < -0.4 is 0 Å². The van der Waals surface area contributed by atoms with Crippen molar-refractivity contribution in [3.63, 3.8) is 0 Å². The van der Waals surface area contributed by atoms with E-state index in [1.54, 1.807) is 0 Å². The monoisotopic (exact) mass is 376 g/mol. The molecule has 1 aliphatic heterocycles. The average Bonchev–Trinajstić information content (AvgIpc) is 2.88. The number of esters is 2. The number of allylic oxidation sites excluding steroid dienone is 2. The highest BCUT2D eigenvalue weighted by molar-refractivity contribution is 5.92. The van der Waals surface area contributed by atoms with E-state index in [0.717, 1.165) is 24.0 Å². The zero-order valence-corrected chi connectivity index (χ0v) is 16.2. The molecule has 0 amide bonds. The summed E-state index contributed by atoms with van der Waals surface area (Å²) in [6, 6.07) is 0. The predicted molar refractivity (Wildman–Crippen MR) is 101 cm³/mol. The van der Waals surface area contributed by atoms with Crippen molar-refractivity contribution in [2.45, 2.75) is 51.4 Å². The molecule has 1 saturated heterocycles. The Morgan fingerprint density at radius 1 is 1.41 bits per heavy atom. The normalized spacial score (nSPS) is 30.9. The lowest BCUT2D eigenvalue weighted by Gasteiger charge is -2.28. The first-order chi connectivity index (χ1) is 12.8. The van der Waals surface area contributed by atoms with Gasteiger partial charge in [0.2, 0.25) is 0 Å². The molecule has 1 fully saturated rings. The second-order valence-electron chi connectivity index (χ2n) is 7.10. The van der Waals surface area contributed by atoms with E-state index in [1.807, 2.05) is 19.9 Å². The smallest absolute Gasteiger partial charge is 0.336 e. The number of methoxy groups -OCH3 is 1. The zero-order chi connectivity index (χ0) is 20.1. The molecule has 0 aromatic heterocycles. The first-order valence-electron chi connectivity index (χ1n) is 9.04. The SMILES string of the molecule is C=C1C(=O)O[C@H]2/C=C(\C)CC/C=C(/C)C[C@@H](OC(=O)C(=C)[C@H](CO)OC)[C@@H]12. The van der Waals surface area contributed by atoms with Gasteiger partial charge in [0.1, 0.15) is 18.3 Å². The van der Waals surface area contributed by atoms with Crippen molar-refractivity contribution in [2.75, 3.05) is 13.7 Å². The van der Waals surface area contributed by atoms with Crippen LogP contribution in [0.5, 0.6) is 0 Å². The van der Waals surface area contributed by atoms with Gasteiger partial charge in [-0.1, -0.05) is 30.4 Å². The molecule has 2 aliphatic rings. The molecule has 0 aromatic rings. The molecule has 1 N–H and O–H groups in total. The summed E-state index contributed by atoms with van der Waals surface area (Å²) in [7, 11) is 1.38. The summed E-state index contributed by atoms with van der Waals surface area (Å²) in [6.07, 6.45) is 4.24. The highest BCUT2D eigenvalue weighted by Gasteiger charge is 2.44. The van der Waals surface area contributed by atoms with Crippen LogP contribution in [0.1, 0.15) is 33.1 Å². The summed E-state index contributed by atoms with van der Waals surface area (Å²) in [5, 5.41) is 9.31. The number of hydrogen-bond donors (Lipinski definition) is 1. The van der Waals surface area contributed by atoms with Crippen LogP contribution in [-0.4, -0.2) is 49.1 Å². The molecular formula is C21H28O6. The molecule has 148 valence electrons. The van der Waals surface area contributed by atoms with Gasteiger partial charge in [-0.3, -0.25) is 0 Å². The van der Waals surface area contributed by atoms with E-state index in [4.69, 9.17) is 14.2 Å². The summed E-state index contributed by atoms with van der Waals surface area (Å²) in [5.74, 6) is -1.61. The van der Waals surface area contributed by atoms with Crippen molar-refractivity contribution in [2.24, 2.45) is 5.92 Å². The second-order valence-corrected chi connectivity index (χ2v) is 7.10. The second kappa shape index (κ2) is 9.15. The van der Waals surface area contributed by atoms with Gasteiger partial charge in [0.15, 0.2) is 0 Å². The first-order valence-corrected chi connectivity index (χ1v) is 9.04. The quantitative estimate of drug-likeness (QED) is 0.451. The molecule has 0 radical (unpaired) electrons. The number of carbonyl (C=O) groups excluding carboxylic acids is 2. The Bertz CT molecular complexity index is 683. The Hall–Kier alpha value is -2.18. The third-order valence-corrected chi connectivity index (χ3v) is 5.03. The Balaban J connectivity index is 2.32. The number of carbonyl (C=O) groups is 2. The molecule has 0 aromatic carbocycles. The highest BCUT2D eigenvalue weighted by atomic mass is 16.6. The Morgan fingerprint density at radius 2 is 2.11 bits per heavy atom. The third kappa shape index (κ3) is 4.96. The Morgan fingerprint density at radius 3 is 2.74 bits per heavy atom. The zero-order valence-electron chi connectivity index (χ0n) is 16.2. The van der Waals surface area contributed by atoms with Crippen molar-refractivity contribution in [3.8, 4) is 0 Å². The molecule has 6 nitrogen and oxygen atoms in total. The lowest BCUT2D eigenvalue weighted by atomic mass is 9.85. The summed E-state index contributed by atoms with van der Waals surface area (Å²) >= 11 is 0. The van der Waals surface area contributed by atoms with Crippen molar-refractivity contribution in [1.29, 1.82) is 0 Å². The van der Waals surface area contributed by atoms with Crippen LogP contribution in [0.15, 0.2) is 47.6 Å². The molecule has 0 spiro atoms. The molecule has 27 heavy (non-hydrogen) atoms. The van der Waals surface area contributed by atoms with E-state index < -0.39 is 36.2 Å². The van der Waals surface area contributed by atoms with Crippen molar-refractivity contribution >= 4 is 11.9 Å². The fraction of sp³-hybridized carbons (Fsp3) is 0.524. The fourth-order valence-electron chi connectivity index (χ4n) is 3.40.